The van der Waals surface area contributed by atoms with E-state index in [0.29, 0.717) is 10.9 Å². The van der Waals surface area contributed by atoms with Crippen LogP contribution in [0.25, 0.3) is 0 Å². The zero-order valence-corrected chi connectivity index (χ0v) is 14.4. The Bertz CT molecular complexity index is 474. The molecule has 0 radical (unpaired) electrons. The number of aryl methyl sites for hydroxylation is 1. The van der Waals surface area contributed by atoms with Crippen LogP contribution in [0, 0.1) is 5.92 Å². The molecule has 120 valence electrons. The van der Waals surface area contributed by atoms with Crippen LogP contribution in [0.2, 0.25) is 5.02 Å². The number of nitrogens with zero attached hydrogens (tertiary/aromatic N) is 3. The first-order valence-corrected chi connectivity index (χ1v) is 8.37. The van der Waals surface area contributed by atoms with Crippen molar-refractivity contribution in [1.29, 1.82) is 0 Å². The highest BCUT2D eigenvalue weighted by atomic mass is 35.5. The molecule has 1 fully saturated rings. The lowest BCUT2D eigenvalue weighted by Gasteiger charge is -2.48. The normalized spacial score (nSPS) is 28.0. The van der Waals surface area contributed by atoms with Gasteiger partial charge in [0.1, 0.15) is 6.10 Å². The van der Waals surface area contributed by atoms with Crippen molar-refractivity contribution in [2.75, 3.05) is 14.1 Å². The fourth-order valence-electron chi connectivity index (χ4n) is 3.75. The molecule has 1 aromatic heterocycles. The minimum atomic E-state index is -0.600. The van der Waals surface area contributed by atoms with Gasteiger partial charge in [0.05, 0.1) is 22.5 Å². The molecule has 0 aliphatic heterocycles. The smallest absolute Gasteiger partial charge is 0.115 e. The van der Waals surface area contributed by atoms with Crippen LogP contribution in [0.5, 0.6) is 0 Å². The van der Waals surface area contributed by atoms with Gasteiger partial charge >= 0.3 is 0 Å². The van der Waals surface area contributed by atoms with Crippen molar-refractivity contribution in [2.45, 2.75) is 64.1 Å². The zero-order chi connectivity index (χ0) is 15.6. The summed E-state index contributed by atoms with van der Waals surface area (Å²) >= 11 is 6.34. The lowest BCUT2D eigenvalue weighted by Crippen LogP contribution is -2.52. The van der Waals surface area contributed by atoms with Crippen molar-refractivity contribution in [1.82, 2.24) is 14.7 Å². The lowest BCUT2D eigenvalue weighted by atomic mass is 9.71. The van der Waals surface area contributed by atoms with Crippen molar-refractivity contribution >= 4 is 11.6 Å². The molecule has 1 heterocycles. The maximum absolute atomic E-state index is 11.2. The topological polar surface area (TPSA) is 41.3 Å². The van der Waals surface area contributed by atoms with Crippen LogP contribution in [0.15, 0.2) is 6.20 Å². The maximum Gasteiger partial charge on any atom is 0.115 e. The van der Waals surface area contributed by atoms with Crippen molar-refractivity contribution < 1.29 is 5.11 Å². The highest BCUT2D eigenvalue weighted by Gasteiger charge is 2.45. The van der Waals surface area contributed by atoms with E-state index in [1.54, 1.807) is 6.20 Å². The van der Waals surface area contributed by atoms with E-state index in [1.807, 2.05) is 4.68 Å². The Balaban J connectivity index is 2.39. The average Bonchev–Trinajstić information content (AvgIpc) is 2.79. The number of aromatic nitrogens is 2. The van der Waals surface area contributed by atoms with Crippen LogP contribution >= 0.6 is 11.6 Å². The predicted molar refractivity (Wildman–Crippen MR) is 86.5 cm³/mol. The monoisotopic (exact) mass is 313 g/mol. The molecular weight excluding hydrogens is 286 g/mol. The fraction of sp³-hybridized carbons (Fsp3) is 0.812. The second-order valence-corrected chi connectivity index (χ2v) is 7.11. The van der Waals surface area contributed by atoms with E-state index < -0.39 is 6.10 Å². The molecule has 5 heteroatoms. The quantitative estimate of drug-likeness (QED) is 0.904. The van der Waals surface area contributed by atoms with Crippen LogP contribution in [-0.2, 0) is 6.54 Å². The highest BCUT2D eigenvalue weighted by Crippen LogP contribution is 2.45. The summed E-state index contributed by atoms with van der Waals surface area (Å²) in [5, 5.41) is 16.1. The number of aliphatic hydroxyl groups excluding tert-OH is 1. The van der Waals surface area contributed by atoms with Crippen LogP contribution in [0.1, 0.15) is 57.7 Å². The summed E-state index contributed by atoms with van der Waals surface area (Å²) in [6.07, 6.45) is 6.42. The van der Waals surface area contributed by atoms with Gasteiger partial charge in [-0.15, -0.1) is 0 Å². The van der Waals surface area contributed by atoms with E-state index in [1.165, 1.54) is 6.42 Å². The SMILES string of the molecule is CCCn1ncc(Cl)c1C(O)C1(N(C)C)CCCC(C)C1. The average molecular weight is 314 g/mol. The van der Waals surface area contributed by atoms with Crippen molar-refractivity contribution in [3.8, 4) is 0 Å². The molecule has 21 heavy (non-hydrogen) atoms. The predicted octanol–water partition coefficient (Wildman–Crippen LogP) is 3.49. The van der Waals surface area contributed by atoms with Crippen LogP contribution in [0.4, 0.5) is 0 Å². The third kappa shape index (κ3) is 3.13. The second kappa shape index (κ2) is 6.67. The van der Waals surface area contributed by atoms with Gasteiger partial charge in [0.15, 0.2) is 0 Å². The van der Waals surface area contributed by atoms with Gasteiger partial charge in [0.25, 0.3) is 0 Å². The molecule has 1 aliphatic carbocycles. The highest BCUT2D eigenvalue weighted by molar-refractivity contribution is 6.31. The number of likely N-dealkylation sites (N-methyl/N-ethyl adjacent to an activating group) is 1. The number of aliphatic hydroxyl groups is 1. The Morgan fingerprint density at radius 1 is 1.57 bits per heavy atom. The van der Waals surface area contributed by atoms with E-state index in [0.717, 1.165) is 37.9 Å². The van der Waals surface area contributed by atoms with Gasteiger partial charge in [-0.25, -0.2) is 0 Å². The first-order chi connectivity index (χ1) is 9.92. The Kier molecular flexibility index (Phi) is 5.33. The van der Waals surface area contributed by atoms with Gasteiger partial charge in [-0.05, 0) is 39.3 Å². The van der Waals surface area contributed by atoms with Gasteiger partial charge < -0.3 is 10.0 Å². The van der Waals surface area contributed by atoms with Crippen LogP contribution < -0.4 is 0 Å². The molecule has 0 amide bonds. The maximum atomic E-state index is 11.2. The second-order valence-electron chi connectivity index (χ2n) is 6.70. The first-order valence-electron chi connectivity index (χ1n) is 7.99. The van der Waals surface area contributed by atoms with Gasteiger partial charge in [-0.2, -0.15) is 5.10 Å². The molecule has 2 rings (SSSR count). The van der Waals surface area contributed by atoms with E-state index in [9.17, 15) is 5.11 Å². The zero-order valence-electron chi connectivity index (χ0n) is 13.6. The summed E-state index contributed by atoms with van der Waals surface area (Å²) in [6.45, 7) is 5.17. The molecule has 3 unspecified atom stereocenters. The summed E-state index contributed by atoms with van der Waals surface area (Å²) in [4.78, 5) is 2.19. The van der Waals surface area contributed by atoms with Crippen molar-refractivity contribution in [2.24, 2.45) is 5.92 Å². The Morgan fingerprint density at radius 3 is 2.86 bits per heavy atom. The molecule has 1 N–H and O–H groups in total. The lowest BCUT2D eigenvalue weighted by molar-refractivity contribution is -0.0490. The number of halogens is 1. The van der Waals surface area contributed by atoms with Crippen LogP contribution in [0.3, 0.4) is 0 Å². The Hall–Kier alpha value is -0.580. The molecule has 0 spiro atoms. The van der Waals surface area contributed by atoms with Gasteiger partial charge in [0, 0.05) is 6.54 Å². The standard InChI is InChI=1S/C16H28ClN3O/c1-5-9-20-14(13(17)11-18-20)15(21)16(19(3)4)8-6-7-12(2)10-16/h11-12,15,21H,5-10H2,1-4H3. The minimum absolute atomic E-state index is 0.243. The van der Waals surface area contributed by atoms with Crippen molar-refractivity contribution in [3.05, 3.63) is 16.9 Å². The number of hydrogen-bond donors (Lipinski definition) is 1. The van der Waals surface area contributed by atoms with Crippen LogP contribution in [-0.4, -0.2) is 39.4 Å². The van der Waals surface area contributed by atoms with E-state index in [2.05, 4.69) is 37.9 Å². The molecule has 1 aliphatic rings. The first kappa shape index (κ1) is 16.8. The summed E-state index contributed by atoms with van der Waals surface area (Å²) in [6, 6.07) is 0. The molecule has 0 bridgehead atoms. The van der Waals surface area contributed by atoms with Gasteiger partial charge in [-0.1, -0.05) is 38.3 Å². The van der Waals surface area contributed by atoms with E-state index >= 15 is 0 Å². The number of rotatable bonds is 5. The van der Waals surface area contributed by atoms with Crippen molar-refractivity contribution in [3.63, 3.8) is 0 Å². The summed E-state index contributed by atoms with van der Waals surface area (Å²) in [5.41, 5.74) is 0.536. The molecule has 0 aromatic carbocycles. The van der Waals surface area contributed by atoms with Gasteiger partial charge in [-0.3, -0.25) is 4.68 Å². The molecular formula is C16H28ClN3O. The van der Waals surface area contributed by atoms with Gasteiger partial charge in [0.2, 0.25) is 0 Å². The third-order valence-electron chi connectivity index (χ3n) is 4.94. The molecule has 1 aromatic rings. The summed E-state index contributed by atoms with van der Waals surface area (Å²) in [5.74, 6) is 0.622. The summed E-state index contributed by atoms with van der Waals surface area (Å²) in [7, 11) is 4.13. The largest absolute Gasteiger partial charge is 0.385 e. The fourth-order valence-corrected chi connectivity index (χ4v) is 4.00. The summed E-state index contributed by atoms with van der Waals surface area (Å²) < 4.78 is 1.87. The van der Waals surface area contributed by atoms with E-state index in [4.69, 9.17) is 11.6 Å². The van der Waals surface area contributed by atoms with E-state index in [-0.39, 0.29) is 5.54 Å². The molecule has 3 atom stereocenters. The Morgan fingerprint density at radius 2 is 2.29 bits per heavy atom. The Labute approximate surface area is 133 Å². The minimum Gasteiger partial charge on any atom is -0.385 e. The third-order valence-corrected chi connectivity index (χ3v) is 5.23. The molecule has 4 nitrogen and oxygen atoms in total. The number of hydrogen-bond acceptors (Lipinski definition) is 3. The molecule has 1 saturated carbocycles. The molecule has 0 saturated heterocycles.